The van der Waals surface area contributed by atoms with E-state index in [4.69, 9.17) is 23.2 Å². The van der Waals surface area contributed by atoms with Crippen molar-refractivity contribution in [3.05, 3.63) is 51.4 Å². The summed E-state index contributed by atoms with van der Waals surface area (Å²) in [5.41, 5.74) is 2.15. The molecule has 0 saturated carbocycles. The molecule has 0 aliphatic heterocycles. The molecule has 1 aromatic carbocycles. The van der Waals surface area contributed by atoms with Crippen molar-refractivity contribution in [1.29, 1.82) is 0 Å². The van der Waals surface area contributed by atoms with Gasteiger partial charge in [0, 0.05) is 17.0 Å². The Bertz CT molecular complexity index is 526. The van der Waals surface area contributed by atoms with Crippen molar-refractivity contribution in [2.24, 2.45) is 0 Å². The van der Waals surface area contributed by atoms with Gasteiger partial charge in [0.2, 0.25) is 5.69 Å². The average Bonchev–Trinajstić information content (AvgIpc) is 2.25. The summed E-state index contributed by atoms with van der Waals surface area (Å²) in [4.78, 5) is 0.520. The zero-order chi connectivity index (χ0) is 11.7. The van der Waals surface area contributed by atoms with Crippen LogP contribution in [0.1, 0.15) is 5.69 Å². The van der Waals surface area contributed by atoms with E-state index in [0.29, 0.717) is 15.6 Å². The third-order valence-corrected chi connectivity index (χ3v) is 2.72. The minimum absolute atomic E-state index is 0.172. The van der Waals surface area contributed by atoms with Crippen LogP contribution in [0.2, 0.25) is 10.2 Å². The number of hydrogen-bond acceptors (Lipinski definition) is 2. The van der Waals surface area contributed by atoms with Crippen LogP contribution in [0.4, 0.5) is 0 Å². The highest BCUT2D eigenvalue weighted by atomic mass is 35.5. The van der Waals surface area contributed by atoms with E-state index in [2.05, 4.69) is 5.10 Å². The molecule has 0 aliphatic rings. The Balaban J connectivity index is 2.59. The lowest BCUT2D eigenvalue weighted by atomic mass is 10.1. The summed E-state index contributed by atoms with van der Waals surface area (Å²) in [6, 6.07) is 8.86. The molecule has 0 N–H and O–H groups in total. The molecule has 0 amide bonds. The maximum absolute atomic E-state index is 11.4. The number of hydrogen-bond donors (Lipinski definition) is 0. The first kappa shape index (κ1) is 11.2. The standard InChI is InChI=1S/C11H8Cl2N2O/c1-7-10(6-11(13)14-15(7)16)8-2-4-9(12)5-3-8/h2-6H,1H3. The van der Waals surface area contributed by atoms with Crippen molar-refractivity contribution in [1.82, 2.24) is 5.10 Å². The lowest BCUT2D eigenvalue weighted by Crippen LogP contribution is -2.35. The molecule has 0 atom stereocenters. The van der Waals surface area contributed by atoms with Gasteiger partial charge < -0.3 is 5.21 Å². The number of aromatic nitrogens is 2. The van der Waals surface area contributed by atoms with E-state index in [0.717, 1.165) is 11.1 Å². The number of nitrogens with zero attached hydrogens (tertiary/aromatic N) is 2. The topological polar surface area (TPSA) is 39.8 Å². The quantitative estimate of drug-likeness (QED) is 0.580. The average molecular weight is 255 g/mol. The summed E-state index contributed by atoms with van der Waals surface area (Å²) in [6.45, 7) is 1.69. The first-order valence-electron chi connectivity index (χ1n) is 4.61. The van der Waals surface area contributed by atoms with Gasteiger partial charge in [-0.05, 0) is 23.8 Å². The summed E-state index contributed by atoms with van der Waals surface area (Å²) in [5, 5.41) is 15.8. The van der Waals surface area contributed by atoms with Gasteiger partial charge in [-0.1, -0.05) is 40.2 Å². The van der Waals surface area contributed by atoms with E-state index in [1.807, 2.05) is 12.1 Å². The molecule has 0 radical (unpaired) electrons. The second-order valence-corrected chi connectivity index (χ2v) is 4.17. The van der Waals surface area contributed by atoms with Crippen LogP contribution in [0, 0.1) is 12.1 Å². The smallest absolute Gasteiger partial charge is 0.226 e. The van der Waals surface area contributed by atoms with Gasteiger partial charge in [-0.2, -0.15) is 0 Å². The molecule has 2 aromatic rings. The van der Waals surface area contributed by atoms with Crippen molar-refractivity contribution < 1.29 is 4.85 Å². The molecule has 0 saturated heterocycles. The maximum Gasteiger partial charge on any atom is 0.226 e. The SMILES string of the molecule is Cc1c(-c2ccc(Cl)cc2)cc(Cl)n[n+]1[O-]. The summed E-state index contributed by atoms with van der Waals surface area (Å²) >= 11 is 11.5. The highest BCUT2D eigenvalue weighted by Gasteiger charge is 2.12. The molecule has 0 unspecified atom stereocenters. The molecule has 1 aromatic heterocycles. The van der Waals surface area contributed by atoms with E-state index in [1.165, 1.54) is 0 Å². The van der Waals surface area contributed by atoms with Crippen LogP contribution in [0.25, 0.3) is 11.1 Å². The summed E-state index contributed by atoms with van der Waals surface area (Å²) < 4.78 is 0. The normalized spacial score (nSPS) is 10.4. The predicted octanol–water partition coefficient (Wildman–Crippen LogP) is 3.00. The number of halogens is 2. The molecule has 1 heterocycles. The predicted molar refractivity (Wildman–Crippen MR) is 63.4 cm³/mol. The maximum atomic E-state index is 11.4. The van der Waals surface area contributed by atoms with E-state index in [9.17, 15) is 5.21 Å². The van der Waals surface area contributed by atoms with Crippen LogP contribution in [0.15, 0.2) is 30.3 Å². The molecule has 3 nitrogen and oxygen atoms in total. The monoisotopic (exact) mass is 254 g/mol. The van der Waals surface area contributed by atoms with Crippen molar-refractivity contribution in [3.8, 4) is 11.1 Å². The van der Waals surface area contributed by atoms with Gasteiger partial charge in [-0.3, -0.25) is 0 Å². The molecule has 82 valence electrons. The third kappa shape index (κ3) is 2.10. The summed E-state index contributed by atoms with van der Waals surface area (Å²) in [7, 11) is 0. The Morgan fingerprint density at radius 3 is 2.44 bits per heavy atom. The summed E-state index contributed by atoms with van der Waals surface area (Å²) in [5.74, 6) is 0. The molecule has 0 aliphatic carbocycles. The van der Waals surface area contributed by atoms with Crippen LogP contribution in [-0.4, -0.2) is 5.10 Å². The van der Waals surface area contributed by atoms with Gasteiger partial charge in [0.15, 0.2) is 5.15 Å². The van der Waals surface area contributed by atoms with Crippen LogP contribution in [0.3, 0.4) is 0 Å². The van der Waals surface area contributed by atoms with Gasteiger partial charge in [0.1, 0.15) is 0 Å². The van der Waals surface area contributed by atoms with Crippen molar-refractivity contribution in [2.45, 2.75) is 6.92 Å². The lowest BCUT2D eigenvalue weighted by Gasteiger charge is -2.05. The van der Waals surface area contributed by atoms with Crippen molar-refractivity contribution in [3.63, 3.8) is 0 Å². The molecule has 16 heavy (non-hydrogen) atoms. The molecule has 0 spiro atoms. The zero-order valence-electron chi connectivity index (χ0n) is 8.45. The highest BCUT2D eigenvalue weighted by molar-refractivity contribution is 6.30. The Hall–Kier alpha value is -1.32. The Morgan fingerprint density at radius 1 is 1.19 bits per heavy atom. The van der Waals surface area contributed by atoms with Gasteiger partial charge in [-0.15, -0.1) is 0 Å². The van der Waals surface area contributed by atoms with Gasteiger partial charge in [0.05, 0.1) is 5.56 Å². The number of benzene rings is 1. The Labute approximate surface area is 103 Å². The minimum Gasteiger partial charge on any atom is -0.594 e. The van der Waals surface area contributed by atoms with E-state index >= 15 is 0 Å². The van der Waals surface area contributed by atoms with Crippen LogP contribution in [-0.2, 0) is 0 Å². The fourth-order valence-electron chi connectivity index (χ4n) is 1.44. The Kier molecular flexibility index (Phi) is 2.99. The highest BCUT2D eigenvalue weighted by Crippen LogP contribution is 2.24. The zero-order valence-corrected chi connectivity index (χ0v) is 9.96. The van der Waals surface area contributed by atoms with Gasteiger partial charge in [-0.25, -0.2) is 0 Å². The number of rotatable bonds is 1. The van der Waals surface area contributed by atoms with Gasteiger partial charge >= 0.3 is 0 Å². The van der Waals surface area contributed by atoms with Crippen LogP contribution < -0.4 is 4.85 Å². The first-order chi connectivity index (χ1) is 7.58. The fraction of sp³-hybridized carbons (Fsp3) is 0.0909. The van der Waals surface area contributed by atoms with E-state index < -0.39 is 0 Å². The first-order valence-corrected chi connectivity index (χ1v) is 5.36. The fourth-order valence-corrected chi connectivity index (χ4v) is 1.74. The molecule has 2 rings (SSSR count). The molecular formula is C11H8Cl2N2O. The van der Waals surface area contributed by atoms with Gasteiger partial charge in [0.25, 0.3) is 0 Å². The molecule has 0 bridgehead atoms. The Morgan fingerprint density at radius 2 is 1.81 bits per heavy atom. The van der Waals surface area contributed by atoms with Crippen molar-refractivity contribution >= 4 is 23.2 Å². The molecule has 0 fully saturated rings. The lowest BCUT2D eigenvalue weighted by molar-refractivity contribution is -0.674. The largest absolute Gasteiger partial charge is 0.594 e. The minimum atomic E-state index is 0.172. The van der Waals surface area contributed by atoms with Crippen LogP contribution >= 0.6 is 23.2 Å². The second-order valence-electron chi connectivity index (χ2n) is 3.35. The van der Waals surface area contributed by atoms with E-state index in [-0.39, 0.29) is 5.15 Å². The van der Waals surface area contributed by atoms with Crippen molar-refractivity contribution in [2.75, 3.05) is 0 Å². The third-order valence-electron chi connectivity index (χ3n) is 2.28. The molecule has 5 heteroatoms. The van der Waals surface area contributed by atoms with Crippen LogP contribution in [0.5, 0.6) is 0 Å². The molecular weight excluding hydrogens is 247 g/mol. The van der Waals surface area contributed by atoms with E-state index in [1.54, 1.807) is 25.1 Å². The second kappa shape index (κ2) is 4.28. The summed E-state index contributed by atoms with van der Waals surface area (Å²) in [6.07, 6.45) is 0.